The molecule has 0 atom stereocenters. The summed E-state index contributed by atoms with van der Waals surface area (Å²) < 4.78 is 11.1. The number of anilines is 1. The van der Waals surface area contributed by atoms with Crippen molar-refractivity contribution in [3.05, 3.63) is 22.8 Å². The summed E-state index contributed by atoms with van der Waals surface area (Å²) in [5.74, 6) is 1.13. The molecule has 0 saturated carbocycles. The molecule has 0 spiro atoms. The fourth-order valence-electron chi connectivity index (χ4n) is 1.54. The number of nitrogens with two attached hydrogens (primary N) is 1. The number of hydrogen-bond acceptors (Lipinski definition) is 5. The predicted octanol–water partition coefficient (Wildman–Crippen LogP) is 3.42. The first-order chi connectivity index (χ1) is 8.17. The number of nitrogen functional groups attached to an aromatic ring is 1. The molecular weight excluding hydrogens is 304 g/mol. The summed E-state index contributed by atoms with van der Waals surface area (Å²) in [6.45, 7) is 0. The van der Waals surface area contributed by atoms with E-state index in [2.05, 4.69) is 21.1 Å². The SMILES string of the molecule is COc1c(Br)cc(-c2cnoc2N)cc1SC. The molecule has 0 aliphatic heterocycles. The summed E-state index contributed by atoms with van der Waals surface area (Å²) in [5, 5.41) is 3.67. The second-order valence-corrected chi connectivity index (χ2v) is 5.00. The van der Waals surface area contributed by atoms with Crippen LogP contribution in [0.2, 0.25) is 0 Å². The predicted molar refractivity (Wildman–Crippen MR) is 72.4 cm³/mol. The maximum atomic E-state index is 5.70. The van der Waals surface area contributed by atoms with Gasteiger partial charge in [0.05, 0.1) is 28.2 Å². The van der Waals surface area contributed by atoms with Gasteiger partial charge in [-0.15, -0.1) is 11.8 Å². The third kappa shape index (κ3) is 2.28. The second-order valence-electron chi connectivity index (χ2n) is 3.30. The zero-order chi connectivity index (χ0) is 12.4. The van der Waals surface area contributed by atoms with E-state index in [4.69, 9.17) is 15.0 Å². The third-order valence-corrected chi connectivity index (χ3v) is 3.67. The van der Waals surface area contributed by atoms with Gasteiger partial charge >= 0.3 is 0 Å². The normalized spacial score (nSPS) is 10.5. The maximum absolute atomic E-state index is 5.70. The molecule has 90 valence electrons. The fraction of sp³-hybridized carbons (Fsp3) is 0.182. The molecular formula is C11H11BrN2O2S. The molecule has 4 nitrogen and oxygen atoms in total. The van der Waals surface area contributed by atoms with E-state index in [1.165, 1.54) is 0 Å². The highest BCUT2D eigenvalue weighted by Crippen LogP contribution is 2.40. The van der Waals surface area contributed by atoms with E-state index in [1.54, 1.807) is 25.1 Å². The third-order valence-electron chi connectivity index (χ3n) is 2.34. The minimum absolute atomic E-state index is 0.314. The lowest BCUT2D eigenvalue weighted by Gasteiger charge is -2.10. The molecule has 1 aromatic heterocycles. The van der Waals surface area contributed by atoms with Crippen molar-refractivity contribution in [2.45, 2.75) is 4.90 Å². The van der Waals surface area contributed by atoms with Crippen molar-refractivity contribution in [2.75, 3.05) is 19.1 Å². The van der Waals surface area contributed by atoms with E-state index >= 15 is 0 Å². The van der Waals surface area contributed by atoms with Crippen LogP contribution in [0.25, 0.3) is 11.1 Å². The van der Waals surface area contributed by atoms with Crippen LogP contribution in [-0.4, -0.2) is 18.5 Å². The van der Waals surface area contributed by atoms with Gasteiger partial charge in [0, 0.05) is 0 Å². The van der Waals surface area contributed by atoms with Gasteiger partial charge in [-0.2, -0.15) is 0 Å². The van der Waals surface area contributed by atoms with Crippen LogP contribution in [0.1, 0.15) is 0 Å². The van der Waals surface area contributed by atoms with Crippen molar-refractivity contribution >= 4 is 33.6 Å². The van der Waals surface area contributed by atoms with E-state index in [0.29, 0.717) is 5.88 Å². The van der Waals surface area contributed by atoms with E-state index in [-0.39, 0.29) is 0 Å². The number of hydrogen-bond donors (Lipinski definition) is 1. The molecule has 0 radical (unpaired) electrons. The molecule has 0 bridgehead atoms. The Morgan fingerprint density at radius 1 is 1.47 bits per heavy atom. The van der Waals surface area contributed by atoms with Gasteiger partial charge in [-0.3, -0.25) is 0 Å². The number of nitrogens with zero attached hydrogens (tertiary/aromatic N) is 1. The van der Waals surface area contributed by atoms with Gasteiger partial charge in [0.25, 0.3) is 0 Å². The number of benzene rings is 1. The number of ether oxygens (including phenoxy) is 1. The Morgan fingerprint density at radius 2 is 2.24 bits per heavy atom. The van der Waals surface area contributed by atoms with Crippen molar-refractivity contribution < 1.29 is 9.26 Å². The number of rotatable bonds is 3. The largest absolute Gasteiger partial charge is 0.494 e. The molecule has 2 aromatic rings. The van der Waals surface area contributed by atoms with Gasteiger partial charge in [0.15, 0.2) is 0 Å². The van der Waals surface area contributed by atoms with E-state index in [1.807, 2.05) is 18.4 Å². The van der Waals surface area contributed by atoms with E-state index < -0.39 is 0 Å². The smallest absolute Gasteiger partial charge is 0.229 e. The van der Waals surface area contributed by atoms with Crippen molar-refractivity contribution in [1.29, 1.82) is 0 Å². The topological polar surface area (TPSA) is 61.3 Å². The first kappa shape index (κ1) is 12.3. The summed E-state index contributed by atoms with van der Waals surface area (Å²) in [7, 11) is 1.65. The molecule has 0 amide bonds. The Morgan fingerprint density at radius 3 is 2.76 bits per heavy atom. The van der Waals surface area contributed by atoms with Crippen LogP contribution >= 0.6 is 27.7 Å². The van der Waals surface area contributed by atoms with Crippen molar-refractivity contribution in [1.82, 2.24) is 5.16 Å². The Bertz CT molecular complexity index is 542. The van der Waals surface area contributed by atoms with Crippen LogP contribution in [0, 0.1) is 0 Å². The first-order valence-corrected chi connectivity index (χ1v) is 6.81. The zero-order valence-electron chi connectivity index (χ0n) is 9.36. The summed E-state index contributed by atoms with van der Waals surface area (Å²) in [5.41, 5.74) is 7.43. The monoisotopic (exact) mass is 314 g/mol. The average Bonchev–Trinajstić information content (AvgIpc) is 2.74. The Kier molecular flexibility index (Phi) is 3.63. The summed E-state index contributed by atoms with van der Waals surface area (Å²) >= 11 is 5.08. The molecule has 1 heterocycles. The molecule has 2 N–H and O–H groups in total. The van der Waals surface area contributed by atoms with Gasteiger partial charge < -0.3 is 15.0 Å². The van der Waals surface area contributed by atoms with Crippen LogP contribution in [0.5, 0.6) is 5.75 Å². The molecule has 0 aliphatic carbocycles. The summed E-state index contributed by atoms with van der Waals surface area (Å²) in [4.78, 5) is 1.03. The highest BCUT2D eigenvalue weighted by molar-refractivity contribution is 9.10. The molecule has 6 heteroatoms. The highest BCUT2D eigenvalue weighted by atomic mass is 79.9. The zero-order valence-corrected chi connectivity index (χ0v) is 11.8. The van der Waals surface area contributed by atoms with Crippen molar-refractivity contribution in [3.8, 4) is 16.9 Å². The summed E-state index contributed by atoms with van der Waals surface area (Å²) in [6, 6.07) is 3.93. The highest BCUT2D eigenvalue weighted by Gasteiger charge is 2.13. The van der Waals surface area contributed by atoms with Gasteiger partial charge in [0.2, 0.25) is 5.88 Å². The fourth-order valence-corrected chi connectivity index (χ4v) is 2.92. The molecule has 1 aromatic carbocycles. The quantitative estimate of drug-likeness (QED) is 0.880. The van der Waals surface area contributed by atoms with Crippen LogP contribution < -0.4 is 10.5 Å². The van der Waals surface area contributed by atoms with Crippen LogP contribution in [0.3, 0.4) is 0 Å². The first-order valence-electron chi connectivity index (χ1n) is 4.79. The lowest BCUT2D eigenvalue weighted by Crippen LogP contribution is -1.90. The number of thioether (sulfide) groups is 1. The second kappa shape index (κ2) is 5.01. The molecule has 0 unspecified atom stereocenters. The summed E-state index contributed by atoms with van der Waals surface area (Å²) in [6.07, 6.45) is 3.60. The van der Waals surface area contributed by atoms with Gasteiger partial charge in [-0.05, 0) is 39.9 Å². The number of methoxy groups -OCH3 is 1. The molecule has 0 fully saturated rings. The standard InChI is InChI=1S/C11H11BrN2O2S/c1-15-10-8(12)3-6(4-9(10)17-2)7-5-14-16-11(7)13/h3-5H,13H2,1-2H3. The number of aromatic nitrogens is 1. The Hall–Kier alpha value is -1.14. The van der Waals surface area contributed by atoms with Gasteiger partial charge in [-0.1, -0.05) is 5.16 Å². The van der Waals surface area contributed by atoms with Gasteiger partial charge in [-0.25, -0.2) is 0 Å². The minimum atomic E-state index is 0.314. The average molecular weight is 315 g/mol. The Balaban J connectivity index is 2.58. The van der Waals surface area contributed by atoms with Crippen LogP contribution in [0.4, 0.5) is 5.88 Å². The van der Waals surface area contributed by atoms with Crippen molar-refractivity contribution in [3.63, 3.8) is 0 Å². The molecule has 0 aliphatic rings. The maximum Gasteiger partial charge on any atom is 0.229 e. The molecule has 0 saturated heterocycles. The lowest BCUT2D eigenvalue weighted by molar-refractivity contribution is 0.402. The number of halogens is 1. The van der Waals surface area contributed by atoms with E-state index in [0.717, 1.165) is 26.2 Å². The van der Waals surface area contributed by atoms with Gasteiger partial charge in [0.1, 0.15) is 5.75 Å². The van der Waals surface area contributed by atoms with E-state index in [9.17, 15) is 0 Å². The van der Waals surface area contributed by atoms with Crippen LogP contribution in [-0.2, 0) is 0 Å². The molecule has 2 rings (SSSR count). The minimum Gasteiger partial charge on any atom is -0.494 e. The molecule has 17 heavy (non-hydrogen) atoms. The Labute approximate surface area is 112 Å². The van der Waals surface area contributed by atoms with Crippen molar-refractivity contribution in [2.24, 2.45) is 0 Å². The lowest BCUT2D eigenvalue weighted by atomic mass is 10.1. The van der Waals surface area contributed by atoms with Crippen LogP contribution in [0.15, 0.2) is 32.2 Å².